The fourth-order valence-corrected chi connectivity index (χ4v) is 2.46. The normalized spacial score (nSPS) is 20.7. The minimum Gasteiger partial charge on any atom is -0.481 e. The van der Waals surface area contributed by atoms with Crippen LogP contribution in [0.5, 0.6) is 0 Å². The maximum Gasteiger partial charge on any atom is 0.305 e. The van der Waals surface area contributed by atoms with Gasteiger partial charge < -0.3 is 10.4 Å². The second kappa shape index (κ2) is 5.64. The van der Waals surface area contributed by atoms with E-state index in [1.165, 1.54) is 12.1 Å². The van der Waals surface area contributed by atoms with E-state index in [0.717, 1.165) is 12.5 Å². The van der Waals surface area contributed by atoms with Crippen LogP contribution in [-0.2, 0) is 9.59 Å². The highest BCUT2D eigenvalue weighted by Crippen LogP contribution is 2.51. The summed E-state index contributed by atoms with van der Waals surface area (Å²) in [4.78, 5) is 23.1. The highest BCUT2D eigenvalue weighted by atomic mass is 35.5. The van der Waals surface area contributed by atoms with Crippen molar-refractivity contribution in [1.29, 1.82) is 0 Å². The Labute approximate surface area is 127 Å². The van der Waals surface area contributed by atoms with Crippen LogP contribution in [0.2, 0.25) is 5.02 Å². The molecule has 0 radical (unpaired) electrons. The van der Waals surface area contributed by atoms with Crippen molar-refractivity contribution in [3.63, 3.8) is 0 Å². The number of benzene rings is 1. The number of aliphatic carboxylic acids is 1. The minimum atomic E-state index is -1.06. The Morgan fingerprint density at radius 2 is 2.14 bits per heavy atom. The largest absolute Gasteiger partial charge is 0.481 e. The van der Waals surface area contributed by atoms with Crippen molar-refractivity contribution in [2.45, 2.75) is 32.7 Å². The molecule has 6 heteroatoms. The standard InChI is InChI=1S/C15H17ClFNO3/c1-15(2)7-9(15)14(21)18-12(6-13(19)20)8-3-4-10(16)11(17)5-8/h3-5,9,12H,6-7H2,1-2H3,(H,18,21)(H,19,20)/t9-,12?/m1/s1. The lowest BCUT2D eigenvalue weighted by Crippen LogP contribution is -2.32. The van der Waals surface area contributed by atoms with E-state index in [1.807, 2.05) is 13.8 Å². The van der Waals surface area contributed by atoms with Gasteiger partial charge in [-0.3, -0.25) is 9.59 Å². The van der Waals surface area contributed by atoms with Crippen LogP contribution in [0.15, 0.2) is 18.2 Å². The molecule has 0 aliphatic heterocycles. The van der Waals surface area contributed by atoms with Gasteiger partial charge in [0.15, 0.2) is 0 Å². The summed E-state index contributed by atoms with van der Waals surface area (Å²) in [6.07, 6.45) is 0.466. The molecule has 0 aromatic heterocycles. The third-order valence-electron chi connectivity index (χ3n) is 3.87. The first-order valence-electron chi connectivity index (χ1n) is 6.68. The van der Waals surface area contributed by atoms with Crippen LogP contribution in [0.4, 0.5) is 4.39 Å². The summed E-state index contributed by atoms with van der Waals surface area (Å²) in [5, 5.41) is 11.6. The van der Waals surface area contributed by atoms with Crippen LogP contribution >= 0.6 is 11.6 Å². The molecule has 1 aromatic rings. The fraction of sp³-hybridized carbons (Fsp3) is 0.467. The predicted molar refractivity (Wildman–Crippen MR) is 76.4 cm³/mol. The van der Waals surface area contributed by atoms with Crippen molar-refractivity contribution in [1.82, 2.24) is 5.32 Å². The van der Waals surface area contributed by atoms with E-state index in [1.54, 1.807) is 0 Å². The van der Waals surface area contributed by atoms with Crippen LogP contribution in [0, 0.1) is 17.2 Å². The molecule has 0 saturated heterocycles. The van der Waals surface area contributed by atoms with E-state index in [4.69, 9.17) is 16.7 Å². The molecule has 0 heterocycles. The van der Waals surface area contributed by atoms with Gasteiger partial charge in [-0.15, -0.1) is 0 Å². The zero-order valence-corrected chi connectivity index (χ0v) is 12.6. The SMILES string of the molecule is CC1(C)C[C@@H]1C(=O)NC(CC(=O)O)c1ccc(Cl)c(F)c1. The maximum absolute atomic E-state index is 13.5. The van der Waals surface area contributed by atoms with E-state index in [9.17, 15) is 14.0 Å². The summed E-state index contributed by atoms with van der Waals surface area (Å²) in [5.74, 6) is -2.01. The molecule has 1 unspecified atom stereocenters. The molecule has 1 saturated carbocycles. The molecule has 1 aliphatic rings. The van der Waals surface area contributed by atoms with Gasteiger partial charge in [-0.2, -0.15) is 0 Å². The van der Waals surface area contributed by atoms with Crippen LogP contribution in [0.25, 0.3) is 0 Å². The lowest BCUT2D eigenvalue weighted by atomic mass is 10.0. The molecule has 2 atom stereocenters. The number of nitrogens with one attached hydrogen (secondary N) is 1. The van der Waals surface area contributed by atoms with Crippen LogP contribution in [0.3, 0.4) is 0 Å². The summed E-state index contributed by atoms with van der Waals surface area (Å²) in [6, 6.07) is 3.28. The summed E-state index contributed by atoms with van der Waals surface area (Å²) >= 11 is 5.62. The van der Waals surface area contributed by atoms with Crippen molar-refractivity contribution in [2.24, 2.45) is 11.3 Å². The molecule has 114 valence electrons. The third-order valence-corrected chi connectivity index (χ3v) is 4.18. The molecular weight excluding hydrogens is 297 g/mol. The number of hydrogen-bond donors (Lipinski definition) is 2. The van der Waals surface area contributed by atoms with Crippen molar-refractivity contribution in [3.8, 4) is 0 Å². The number of carbonyl (C=O) groups excluding carboxylic acids is 1. The second-order valence-corrected chi connectivity index (χ2v) is 6.49. The van der Waals surface area contributed by atoms with Gasteiger partial charge in [0.2, 0.25) is 5.91 Å². The second-order valence-electron chi connectivity index (χ2n) is 6.08. The molecule has 1 aliphatic carbocycles. The van der Waals surface area contributed by atoms with Crippen LogP contribution < -0.4 is 5.32 Å². The smallest absolute Gasteiger partial charge is 0.305 e. The van der Waals surface area contributed by atoms with Gasteiger partial charge in [0.05, 0.1) is 17.5 Å². The molecule has 4 nitrogen and oxygen atoms in total. The average Bonchev–Trinajstić information content (AvgIpc) is 3.01. The molecule has 1 amide bonds. The first-order chi connectivity index (χ1) is 9.70. The number of hydrogen-bond acceptors (Lipinski definition) is 2. The quantitative estimate of drug-likeness (QED) is 0.877. The molecule has 1 fully saturated rings. The highest BCUT2D eigenvalue weighted by Gasteiger charge is 2.50. The summed E-state index contributed by atoms with van der Waals surface area (Å²) in [7, 11) is 0. The van der Waals surface area contributed by atoms with Gasteiger partial charge in [0, 0.05) is 5.92 Å². The third kappa shape index (κ3) is 3.73. The summed E-state index contributed by atoms with van der Waals surface area (Å²) < 4.78 is 13.5. The highest BCUT2D eigenvalue weighted by molar-refractivity contribution is 6.30. The van der Waals surface area contributed by atoms with Crippen molar-refractivity contribution < 1.29 is 19.1 Å². The van der Waals surface area contributed by atoms with E-state index in [2.05, 4.69) is 5.32 Å². The van der Waals surface area contributed by atoms with E-state index < -0.39 is 17.8 Å². The Morgan fingerprint density at radius 3 is 2.62 bits per heavy atom. The van der Waals surface area contributed by atoms with Gasteiger partial charge in [-0.1, -0.05) is 31.5 Å². The van der Waals surface area contributed by atoms with E-state index >= 15 is 0 Å². The van der Waals surface area contributed by atoms with Gasteiger partial charge in [0.1, 0.15) is 5.82 Å². The van der Waals surface area contributed by atoms with Crippen LogP contribution in [0.1, 0.15) is 38.3 Å². The number of halogens is 2. The fourth-order valence-electron chi connectivity index (χ4n) is 2.34. The first-order valence-corrected chi connectivity index (χ1v) is 7.05. The van der Waals surface area contributed by atoms with Gasteiger partial charge >= 0.3 is 5.97 Å². The predicted octanol–water partition coefficient (Wildman–Crippen LogP) is 3.16. The number of carbonyl (C=O) groups is 2. The average molecular weight is 314 g/mol. The maximum atomic E-state index is 13.5. The number of amides is 1. The Hall–Kier alpha value is -1.62. The molecular formula is C15H17ClFNO3. The Morgan fingerprint density at radius 1 is 1.52 bits per heavy atom. The van der Waals surface area contributed by atoms with Crippen molar-refractivity contribution >= 4 is 23.5 Å². The Balaban J connectivity index is 2.16. The van der Waals surface area contributed by atoms with Gasteiger partial charge in [0.25, 0.3) is 0 Å². The van der Waals surface area contributed by atoms with E-state index in [0.29, 0.717) is 5.56 Å². The lowest BCUT2D eigenvalue weighted by molar-refractivity contribution is -0.137. The molecule has 1 aromatic carbocycles. The first kappa shape index (κ1) is 15.8. The summed E-state index contributed by atoms with van der Waals surface area (Å²) in [6.45, 7) is 3.96. The Kier molecular flexibility index (Phi) is 4.23. The number of carboxylic acid groups (broad SMARTS) is 1. The monoisotopic (exact) mass is 313 g/mol. The lowest BCUT2D eigenvalue weighted by Gasteiger charge is -2.18. The zero-order chi connectivity index (χ0) is 15.8. The van der Waals surface area contributed by atoms with E-state index in [-0.39, 0.29) is 28.7 Å². The number of rotatable bonds is 5. The van der Waals surface area contributed by atoms with Crippen molar-refractivity contribution in [3.05, 3.63) is 34.6 Å². The summed E-state index contributed by atoms with van der Waals surface area (Å²) in [5.41, 5.74) is 0.342. The van der Waals surface area contributed by atoms with Gasteiger partial charge in [-0.05, 0) is 29.5 Å². The Bertz CT molecular complexity index is 588. The molecule has 0 bridgehead atoms. The topological polar surface area (TPSA) is 66.4 Å². The number of carboxylic acids is 1. The molecule has 21 heavy (non-hydrogen) atoms. The molecule has 2 N–H and O–H groups in total. The minimum absolute atomic E-state index is 0.0394. The molecule has 2 rings (SSSR count). The molecule has 0 spiro atoms. The van der Waals surface area contributed by atoms with Crippen molar-refractivity contribution in [2.75, 3.05) is 0 Å². The van der Waals surface area contributed by atoms with Gasteiger partial charge in [-0.25, -0.2) is 4.39 Å². The van der Waals surface area contributed by atoms with Crippen LogP contribution in [-0.4, -0.2) is 17.0 Å². The zero-order valence-electron chi connectivity index (χ0n) is 11.8.